The maximum absolute atomic E-state index is 13.2. The quantitative estimate of drug-likeness (QED) is 0.446. The normalized spacial score (nSPS) is 10.1. The summed E-state index contributed by atoms with van der Waals surface area (Å²) in [6.45, 7) is 0.194. The molecule has 0 heterocycles. The highest BCUT2D eigenvalue weighted by Gasteiger charge is 2.11. The van der Waals surface area contributed by atoms with E-state index in [1.54, 1.807) is 24.3 Å². The Balaban J connectivity index is 0.000000330. The lowest BCUT2D eigenvalue weighted by Gasteiger charge is -2.07. The minimum absolute atomic E-state index is 0.172. The second-order valence-electron chi connectivity index (χ2n) is 6.76. The fourth-order valence-corrected chi connectivity index (χ4v) is 2.47. The van der Waals surface area contributed by atoms with E-state index in [1.165, 1.54) is 6.07 Å². The first-order valence-electron chi connectivity index (χ1n) is 10.3. The van der Waals surface area contributed by atoms with Crippen LogP contribution in [0.1, 0.15) is 42.5 Å². The van der Waals surface area contributed by atoms with Crippen LogP contribution >= 0.6 is 0 Å². The van der Waals surface area contributed by atoms with Gasteiger partial charge in [-0.25, -0.2) is 8.78 Å². The molecule has 32 heavy (non-hydrogen) atoms. The van der Waals surface area contributed by atoms with Crippen molar-refractivity contribution in [3.8, 4) is 11.5 Å². The van der Waals surface area contributed by atoms with Crippen LogP contribution in [0.2, 0.25) is 0 Å². The summed E-state index contributed by atoms with van der Waals surface area (Å²) in [6.07, 6.45) is 3.16. The van der Waals surface area contributed by atoms with Gasteiger partial charge in [-0.15, -0.1) is 0 Å². The van der Waals surface area contributed by atoms with E-state index < -0.39 is 30.0 Å². The molecule has 0 spiro atoms. The zero-order valence-corrected chi connectivity index (χ0v) is 17.8. The number of Topliss-reactive ketones (excluding diaryl/α,β-unsaturated/α-hetero) is 1. The predicted octanol–water partition coefficient (Wildman–Crippen LogP) is 3.96. The lowest BCUT2D eigenvalue weighted by Crippen LogP contribution is -2.12. The summed E-state index contributed by atoms with van der Waals surface area (Å²) in [6, 6.07) is 9.93. The number of hydrogen-bond donors (Lipinski definition) is 2. The number of carbonyl (C=O) groups excluding carboxylic acids is 2. The Morgan fingerprint density at radius 3 is 2.22 bits per heavy atom. The summed E-state index contributed by atoms with van der Waals surface area (Å²) in [4.78, 5) is 22.2. The van der Waals surface area contributed by atoms with E-state index in [-0.39, 0.29) is 12.4 Å². The average molecular weight is 454 g/mol. The molecule has 0 bridgehead atoms. The van der Waals surface area contributed by atoms with E-state index >= 15 is 0 Å². The largest absolute Gasteiger partial charge is 0.493 e. The molecule has 1 amide bonds. The highest BCUT2D eigenvalue weighted by molar-refractivity contribution is 5.93. The number of rotatable bonds is 13. The van der Waals surface area contributed by atoms with Gasteiger partial charge in [-0.2, -0.15) is 0 Å². The lowest BCUT2D eigenvalue weighted by molar-refractivity contribution is -0.121. The molecule has 0 fully saturated rings. The Kier molecular flexibility index (Phi) is 13.2. The molecule has 0 unspecified atom stereocenters. The summed E-state index contributed by atoms with van der Waals surface area (Å²) < 4.78 is 48.1. The number of primary amides is 1. The van der Waals surface area contributed by atoms with Crippen molar-refractivity contribution < 1.29 is 32.2 Å². The third-order valence-corrected chi connectivity index (χ3v) is 4.12. The number of unbranched alkanes of at least 4 members (excludes halogenated alkanes) is 2. The molecule has 0 saturated heterocycles. The second kappa shape index (κ2) is 15.7. The van der Waals surface area contributed by atoms with Gasteiger partial charge in [-0.1, -0.05) is 18.6 Å². The van der Waals surface area contributed by atoms with E-state index in [4.69, 9.17) is 20.9 Å². The van der Waals surface area contributed by atoms with E-state index in [9.17, 15) is 22.8 Å². The van der Waals surface area contributed by atoms with E-state index in [0.717, 1.165) is 31.4 Å². The van der Waals surface area contributed by atoms with Crippen molar-refractivity contribution in [2.45, 2.75) is 32.1 Å². The molecule has 0 radical (unpaired) electrons. The highest BCUT2D eigenvalue weighted by Crippen LogP contribution is 2.20. The fraction of sp³-hybridized carbons (Fsp3) is 0.391. The van der Waals surface area contributed by atoms with Gasteiger partial charge in [0.05, 0.1) is 13.3 Å². The molecule has 0 aliphatic heterocycles. The van der Waals surface area contributed by atoms with Gasteiger partial charge in [0, 0.05) is 18.4 Å². The Labute approximate surface area is 185 Å². The molecular weight excluding hydrogens is 425 g/mol. The van der Waals surface area contributed by atoms with Gasteiger partial charge < -0.3 is 20.9 Å². The molecule has 176 valence electrons. The van der Waals surface area contributed by atoms with Crippen molar-refractivity contribution in [2.24, 2.45) is 11.5 Å². The van der Waals surface area contributed by atoms with Crippen LogP contribution in [0.3, 0.4) is 0 Å². The van der Waals surface area contributed by atoms with Crippen LogP contribution in [-0.4, -0.2) is 38.1 Å². The highest BCUT2D eigenvalue weighted by atomic mass is 19.1. The average Bonchev–Trinajstić information content (AvgIpc) is 2.77. The lowest BCUT2D eigenvalue weighted by atomic mass is 10.1. The maximum Gasteiger partial charge on any atom is 0.248 e. The first kappa shape index (κ1) is 27.0. The van der Waals surface area contributed by atoms with E-state index in [0.29, 0.717) is 37.3 Å². The smallest absolute Gasteiger partial charge is 0.248 e. The Bertz CT molecular complexity index is 829. The summed E-state index contributed by atoms with van der Waals surface area (Å²) in [7, 11) is 0. The molecule has 0 aliphatic carbocycles. The molecule has 0 atom stereocenters. The zero-order chi connectivity index (χ0) is 23.8. The van der Waals surface area contributed by atoms with Crippen LogP contribution in [-0.2, 0) is 4.79 Å². The summed E-state index contributed by atoms with van der Waals surface area (Å²) in [5, 5.41) is 0. The summed E-state index contributed by atoms with van der Waals surface area (Å²) >= 11 is 0. The standard InChI is InChI=1S/C13H17F2NO2.C10H12FNO2/c14-11-6-4-7-12(15)13(11)18-9-10(17)5-2-1-3-8-16;11-5-2-6-14-9-4-1-3-8(7-9)10(12)13/h4,6-7H,1-3,5,8-9,16H2;1,3-4,7H,2,5-6H2,(H2,12,13). The molecule has 2 aromatic carbocycles. The van der Waals surface area contributed by atoms with Crippen LogP contribution in [0.15, 0.2) is 42.5 Å². The third kappa shape index (κ3) is 10.8. The number of benzene rings is 2. The molecule has 2 rings (SSSR count). The van der Waals surface area contributed by atoms with Gasteiger partial charge >= 0.3 is 0 Å². The van der Waals surface area contributed by atoms with Gasteiger partial charge in [0.1, 0.15) is 12.4 Å². The third-order valence-electron chi connectivity index (χ3n) is 4.12. The Morgan fingerprint density at radius 2 is 1.59 bits per heavy atom. The molecule has 2 aromatic rings. The number of halogens is 3. The molecule has 0 aliphatic rings. The Morgan fingerprint density at radius 1 is 0.906 bits per heavy atom. The first-order chi connectivity index (χ1) is 15.4. The molecule has 0 aromatic heterocycles. The number of para-hydroxylation sites is 1. The van der Waals surface area contributed by atoms with E-state index in [2.05, 4.69) is 0 Å². The predicted molar refractivity (Wildman–Crippen MR) is 115 cm³/mol. The number of ketones is 1. The molecular formula is C23H29F3N2O4. The van der Waals surface area contributed by atoms with E-state index in [1.807, 2.05) is 0 Å². The first-order valence-corrected chi connectivity index (χ1v) is 10.3. The van der Waals surface area contributed by atoms with Crippen LogP contribution < -0.4 is 20.9 Å². The zero-order valence-electron chi connectivity index (χ0n) is 17.8. The number of carbonyl (C=O) groups is 2. The van der Waals surface area contributed by atoms with Crippen LogP contribution in [0.4, 0.5) is 13.2 Å². The number of nitrogens with two attached hydrogens (primary N) is 2. The molecule has 4 N–H and O–H groups in total. The van der Waals surface area contributed by atoms with Gasteiger partial charge in [0.15, 0.2) is 23.2 Å². The molecule has 6 nitrogen and oxygen atoms in total. The topological polar surface area (TPSA) is 105 Å². The van der Waals surface area contributed by atoms with Crippen molar-refractivity contribution in [3.63, 3.8) is 0 Å². The number of alkyl halides is 1. The van der Waals surface area contributed by atoms with Gasteiger partial charge in [-0.3, -0.25) is 14.0 Å². The number of ether oxygens (including phenoxy) is 2. The fourth-order valence-electron chi connectivity index (χ4n) is 2.47. The summed E-state index contributed by atoms with van der Waals surface area (Å²) in [5.41, 5.74) is 10.8. The van der Waals surface area contributed by atoms with Gasteiger partial charge in [-0.05, 0) is 49.7 Å². The van der Waals surface area contributed by atoms with Crippen LogP contribution in [0, 0.1) is 11.6 Å². The summed E-state index contributed by atoms with van der Waals surface area (Å²) in [5.74, 6) is -2.23. The second-order valence-corrected chi connectivity index (χ2v) is 6.76. The van der Waals surface area contributed by atoms with Crippen LogP contribution in [0.5, 0.6) is 11.5 Å². The van der Waals surface area contributed by atoms with Crippen molar-refractivity contribution >= 4 is 11.7 Å². The number of amides is 1. The van der Waals surface area contributed by atoms with Crippen LogP contribution in [0.25, 0.3) is 0 Å². The molecule has 0 saturated carbocycles. The van der Waals surface area contributed by atoms with Crippen molar-refractivity contribution in [1.29, 1.82) is 0 Å². The Hall–Kier alpha value is -3.07. The minimum atomic E-state index is -0.800. The van der Waals surface area contributed by atoms with Crippen molar-refractivity contribution in [1.82, 2.24) is 0 Å². The SMILES string of the molecule is NC(=O)c1cccc(OCCCF)c1.NCCCCCC(=O)COc1c(F)cccc1F. The van der Waals surface area contributed by atoms with Crippen molar-refractivity contribution in [3.05, 3.63) is 59.7 Å². The monoisotopic (exact) mass is 454 g/mol. The van der Waals surface area contributed by atoms with Crippen molar-refractivity contribution in [2.75, 3.05) is 26.4 Å². The van der Waals surface area contributed by atoms with Gasteiger partial charge in [0.2, 0.25) is 5.91 Å². The minimum Gasteiger partial charge on any atom is -0.493 e. The molecule has 9 heteroatoms. The van der Waals surface area contributed by atoms with Gasteiger partial charge in [0.25, 0.3) is 0 Å². The maximum atomic E-state index is 13.2. The number of hydrogen-bond acceptors (Lipinski definition) is 5.